The van der Waals surface area contributed by atoms with Gasteiger partial charge in [-0.2, -0.15) is 0 Å². The zero-order valence-corrected chi connectivity index (χ0v) is 18.7. The lowest BCUT2D eigenvalue weighted by Gasteiger charge is -2.33. The molecule has 0 aliphatic carbocycles. The molecular formula is C23H26BF2N3O2. The number of hydrogen-bond donors (Lipinski definition) is 0. The Morgan fingerprint density at radius 1 is 1.10 bits per heavy atom. The molecule has 0 unspecified atom stereocenters. The number of para-hydroxylation sites is 1. The molecule has 4 rings (SSSR count). The molecule has 0 spiro atoms. The van der Waals surface area contributed by atoms with Gasteiger partial charge in [-0.1, -0.05) is 26.0 Å². The van der Waals surface area contributed by atoms with Crippen LogP contribution in [0.3, 0.4) is 0 Å². The van der Waals surface area contributed by atoms with Crippen molar-refractivity contribution in [2.75, 3.05) is 0 Å². The highest BCUT2D eigenvalue weighted by atomic mass is 19.2. The van der Waals surface area contributed by atoms with E-state index in [1.54, 1.807) is 32.0 Å². The molecule has 1 aromatic heterocycles. The molecule has 2 aliphatic rings. The van der Waals surface area contributed by atoms with Crippen molar-refractivity contribution >= 4 is 23.9 Å². The number of nitro benzene ring substituents is 1. The summed E-state index contributed by atoms with van der Waals surface area (Å²) in [5.41, 5.74) is 5.88. The summed E-state index contributed by atoms with van der Waals surface area (Å²) in [5.74, 6) is 0. The van der Waals surface area contributed by atoms with E-state index in [2.05, 4.69) is 0 Å². The normalized spacial score (nSPS) is 17.4. The van der Waals surface area contributed by atoms with Gasteiger partial charge >= 0.3 is 6.97 Å². The fraction of sp³-hybridized carbons (Fsp3) is 0.348. The maximum absolute atomic E-state index is 16.2. The first kappa shape index (κ1) is 21.2. The summed E-state index contributed by atoms with van der Waals surface area (Å²) in [4.78, 5) is 11.4. The molecule has 0 N–H and O–H groups in total. The molecule has 2 aromatic rings. The molecule has 0 saturated heterocycles. The summed E-state index contributed by atoms with van der Waals surface area (Å²) in [6.07, 6.45) is 1.22. The van der Waals surface area contributed by atoms with Crippen LogP contribution in [0.1, 0.15) is 62.2 Å². The molecule has 0 bridgehead atoms. The van der Waals surface area contributed by atoms with E-state index < -0.39 is 11.9 Å². The average Bonchev–Trinajstić information content (AvgIpc) is 3.13. The minimum Gasteiger partial charge on any atom is -0.393 e. The zero-order chi connectivity index (χ0) is 22.8. The molecule has 0 atom stereocenters. The predicted octanol–water partition coefficient (Wildman–Crippen LogP) is 5.78. The second-order valence-electron chi connectivity index (χ2n) is 8.26. The first-order valence-corrected chi connectivity index (χ1v) is 10.6. The van der Waals surface area contributed by atoms with Gasteiger partial charge in [0.1, 0.15) is 5.71 Å². The maximum atomic E-state index is 16.2. The summed E-state index contributed by atoms with van der Waals surface area (Å²) < 4.78 is 34.6. The highest BCUT2D eigenvalue weighted by molar-refractivity contribution is 6.58. The number of hydrogen-bond acceptors (Lipinski definition) is 2. The van der Waals surface area contributed by atoms with Gasteiger partial charge in [0.25, 0.3) is 5.69 Å². The van der Waals surface area contributed by atoms with Gasteiger partial charge < -0.3 is 17.6 Å². The van der Waals surface area contributed by atoms with Crippen molar-refractivity contribution in [1.82, 2.24) is 4.48 Å². The average molecular weight is 425 g/mol. The van der Waals surface area contributed by atoms with Crippen LogP contribution in [0.2, 0.25) is 0 Å². The smallest absolute Gasteiger partial charge is 0.393 e. The van der Waals surface area contributed by atoms with Crippen LogP contribution in [-0.2, 0) is 6.42 Å². The van der Waals surface area contributed by atoms with Gasteiger partial charge in [-0.3, -0.25) is 10.1 Å². The Kier molecular flexibility index (Phi) is 4.79. The Morgan fingerprint density at radius 3 is 2.32 bits per heavy atom. The lowest BCUT2D eigenvalue weighted by atomic mass is 9.83. The molecule has 31 heavy (non-hydrogen) atoms. The van der Waals surface area contributed by atoms with E-state index in [0.29, 0.717) is 46.8 Å². The molecule has 5 nitrogen and oxygen atoms in total. The number of nitrogens with zero attached hydrogens (tertiary/aromatic N) is 3. The molecule has 0 amide bonds. The van der Waals surface area contributed by atoms with Gasteiger partial charge in [0.05, 0.1) is 16.1 Å². The van der Waals surface area contributed by atoms with Gasteiger partial charge in [-0.05, 0) is 56.5 Å². The van der Waals surface area contributed by atoms with Crippen LogP contribution in [0, 0.1) is 24.0 Å². The van der Waals surface area contributed by atoms with Crippen molar-refractivity contribution in [2.24, 2.45) is 0 Å². The third kappa shape index (κ3) is 2.63. The van der Waals surface area contributed by atoms with Crippen molar-refractivity contribution in [2.45, 2.75) is 54.4 Å². The van der Waals surface area contributed by atoms with Gasteiger partial charge in [0.15, 0.2) is 5.70 Å². The molecular weight excluding hydrogens is 399 g/mol. The number of benzene rings is 1. The van der Waals surface area contributed by atoms with Crippen LogP contribution in [0.4, 0.5) is 14.3 Å². The lowest BCUT2D eigenvalue weighted by molar-refractivity contribution is -0.385. The largest absolute Gasteiger partial charge is 0.737 e. The minimum absolute atomic E-state index is 0.0825. The fourth-order valence-electron chi connectivity index (χ4n) is 5.58. The molecule has 2 aliphatic heterocycles. The molecule has 1 aromatic carbocycles. The maximum Gasteiger partial charge on any atom is 0.737 e. The first-order valence-electron chi connectivity index (χ1n) is 10.6. The van der Waals surface area contributed by atoms with Crippen LogP contribution >= 0.6 is 0 Å². The molecule has 0 saturated carbocycles. The molecule has 0 fully saturated rings. The van der Waals surface area contributed by atoms with E-state index >= 15 is 8.63 Å². The van der Waals surface area contributed by atoms with E-state index in [0.717, 1.165) is 31.2 Å². The number of fused-ring (bicyclic) bond motifs is 2. The van der Waals surface area contributed by atoms with Crippen LogP contribution < -0.4 is 0 Å². The highest BCUT2D eigenvalue weighted by Crippen LogP contribution is 2.48. The van der Waals surface area contributed by atoms with Crippen molar-refractivity contribution in [1.29, 1.82) is 0 Å². The monoisotopic (exact) mass is 425 g/mol. The molecule has 162 valence electrons. The molecule has 0 radical (unpaired) electrons. The Bertz CT molecular complexity index is 1250. The van der Waals surface area contributed by atoms with Crippen molar-refractivity contribution < 1.29 is 18.0 Å². The number of halogens is 2. The van der Waals surface area contributed by atoms with Gasteiger partial charge in [-0.15, -0.1) is 0 Å². The quantitative estimate of drug-likeness (QED) is 0.354. The summed E-state index contributed by atoms with van der Waals surface area (Å²) in [5, 5.41) is 11.9. The molecule has 3 heterocycles. The van der Waals surface area contributed by atoms with Crippen molar-refractivity contribution in [3.05, 3.63) is 79.3 Å². The van der Waals surface area contributed by atoms with Crippen LogP contribution in [0.25, 0.3) is 5.57 Å². The van der Waals surface area contributed by atoms with E-state index in [1.165, 1.54) is 6.07 Å². The van der Waals surface area contributed by atoms with E-state index in [1.807, 2.05) is 27.7 Å². The van der Waals surface area contributed by atoms with E-state index in [4.69, 9.17) is 0 Å². The fourth-order valence-corrected chi connectivity index (χ4v) is 5.58. The molecule has 8 heteroatoms. The number of nitro groups is 1. The minimum atomic E-state index is -4.14. The van der Waals surface area contributed by atoms with Gasteiger partial charge in [0, 0.05) is 29.8 Å². The summed E-state index contributed by atoms with van der Waals surface area (Å²) in [6.45, 7) is 6.89. The second kappa shape index (κ2) is 7.00. The predicted molar refractivity (Wildman–Crippen MR) is 120 cm³/mol. The zero-order valence-electron chi connectivity index (χ0n) is 18.7. The Labute approximate surface area is 180 Å². The Hall–Kier alpha value is -3.03. The van der Waals surface area contributed by atoms with Crippen LogP contribution in [0.5, 0.6) is 0 Å². The van der Waals surface area contributed by atoms with Crippen molar-refractivity contribution in [3.8, 4) is 0 Å². The van der Waals surface area contributed by atoms with Crippen LogP contribution in [-0.4, -0.2) is 26.6 Å². The van der Waals surface area contributed by atoms with E-state index in [9.17, 15) is 10.1 Å². The van der Waals surface area contributed by atoms with Gasteiger partial charge in [0.2, 0.25) is 0 Å². The standard InChI is InChI=1S/C23H26BF2N3O2/c1-7-17-13(3)22-21(19-11-9-10-12-20(19)29(30)31)23-14(4)18(8-2)16(6)28(23)24(25,26)27(22)15(17)5/h9-12H,7-8H2,1-6H3. The van der Waals surface area contributed by atoms with Crippen molar-refractivity contribution in [3.63, 3.8) is 0 Å². The first-order chi connectivity index (χ1) is 14.6. The number of aromatic nitrogens is 1. The topological polar surface area (TPSA) is 51.1 Å². The SMILES string of the molecule is CCC1=C(C)C2=C(c3ccccc3[N+](=O)[O-])c3c(C)c(CC)c(C)n3[B-](F)(F)[N+]2=C1C. The third-order valence-corrected chi connectivity index (χ3v) is 6.87. The summed E-state index contributed by atoms with van der Waals surface area (Å²) >= 11 is 0. The van der Waals surface area contributed by atoms with Crippen LogP contribution in [0.15, 0.2) is 41.1 Å². The number of allylic oxidation sites excluding steroid dienone is 2. The highest BCUT2D eigenvalue weighted by Gasteiger charge is 2.57. The summed E-state index contributed by atoms with van der Waals surface area (Å²) in [6, 6.07) is 6.43. The second-order valence-corrected chi connectivity index (χ2v) is 8.26. The summed E-state index contributed by atoms with van der Waals surface area (Å²) in [7, 11) is 0. The van der Waals surface area contributed by atoms with E-state index in [-0.39, 0.29) is 5.69 Å². The lowest BCUT2D eigenvalue weighted by Crippen LogP contribution is -2.51. The van der Waals surface area contributed by atoms with Gasteiger partial charge in [-0.25, -0.2) is 0 Å². The number of rotatable bonds is 4. The Morgan fingerprint density at radius 2 is 1.74 bits per heavy atom. The third-order valence-electron chi connectivity index (χ3n) is 6.87. The Balaban J connectivity index is 2.27.